The zero-order valence-corrected chi connectivity index (χ0v) is 38.2. The van der Waals surface area contributed by atoms with Crippen molar-refractivity contribution in [1.29, 1.82) is 0 Å². The maximum Gasteiger partial charge on any atom is 0.328 e. The first-order chi connectivity index (χ1) is 29.5. The predicted octanol–water partition coefficient (Wildman–Crippen LogP) is 5.53. The molecule has 8 N–H and O–H groups in total. The van der Waals surface area contributed by atoms with Crippen molar-refractivity contribution < 1.29 is 43.3 Å². The van der Waals surface area contributed by atoms with Gasteiger partial charge in [0, 0.05) is 17.7 Å². The number of carbonyl (C=O) groups excluding carboxylic acids is 6. The number of unbranched alkanes of at least 4 members (excludes halogenated alkanes) is 2. The summed E-state index contributed by atoms with van der Waals surface area (Å²) in [4.78, 5) is 79.0. The number of nitrogens with one attached hydrogen (secondary N) is 5. The van der Waals surface area contributed by atoms with E-state index in [1.807, 2.05) is 55.4 Å². The third-order valence-electron chi connectivity index (χ3n) is 10.3. The fraction of sp³-hybridized carbons (Fsp3) is 0.617. The Balaban J connectivity index is 2.10. The lowest BCUT2D eigenvalue weighted by molar-refractivity contribution is -0.148. The van der Waals surface area contributed by atoms with Gasteiger partial charge in [-0.25, -0.2) is 4.79 Å². The molecule has 0 aliphatic carbocycles. The summed E-state index contributed by atoms with van der Waals surface area (Å²) in [6.07, 6.45) is 4.26. The van der Waals surface area contributed by atoms with Crippen LogP contribution >= 0.6 is 0 Å². The molecule has 0 aliphatic rings. The van der Waals surface area contributed by atoms with E-state index in [2.05, 4.69) is 26.6 Å². The standard InChI is InChI=1S/C47H74N6O9/c1-9-12-25-49-41(55)29-40(54)38(27-30(4)5)51-46(59)42(32(8)11-3)53-44(57)34-18-22-36(23-19-34)62-35-20-16-33(17-21-35)43(56)52-39(28-31(6)7)45(58)50-37(15-13-14-24-48)47(60)61-26-10-2/h16-23,30-32,37-40,42,54H,9-15,24-29,48H2,1-8H3,(H,49,55)(H,50,58)(H,51,59)(H,52,56)(H,53,57)/t32?,37-,38-,39-,40-,42-/m0/s1. The van der Waals surface area contributed by atoms with Crippen LogP contribution in [0.4, 0.5) is 0 Å². The maximum atomic E-state index is 13.7. The summed E-state index contributed by atoms with van der Waals surface area (Å²) >= 11 is 0. The Kier molecular flexibility index (Phi) is 24.5. The van der Waals surface area contributed by atoms with Crippen LogP contribution in [-0.2, 0) is 23.9 Å². The van der Waals surface area contributed by atoms with Crippen LogP contribution in [0.25, 0.3) is 0 Å². The third kappa shape index (κ3) is 19.4. The Hall–Kier alpha value is -5.02. The lowest BCUT2D eigenvalue weighted by atomic mass is 9.94. The fourth-order valence-corrected chi connectivity index (χ4v) is 6.57. The molecule has 0 spiro atoms. The van der Waals surface area contributed by atoms with E-state index in [-0.39, 0.29) is 36.7 Å². The molecule has 62 heavy (non-hydrogen) atoms. The van der Waals surface area contributed by atoms with Gasteiger partial charge in [0.1, 0.15) is 29.6 Å². The SMILES string of the molecule is CCCCNC(=O)C[C@H](O)[C@H](CC(C)C)NC(=O)[C@@H](NC(=O)c1ccc(Oc2ccc(C(=O)N[C@@H](CC(C)C)C(=O)N[C@@H](CCCCN)C(=O)OCCC)cc2)cc1)C(C)CC. The van der Waals surface area contributed by atoms with Gasteiger partial charge < -0.3 is 46.9 Å². The molecular weight excluding hydrogens is 793 g/mol. The summed E-state index contributed by atoms with van der Waals surface area (Å²) in [5.74, 6) is -1.84. The van der Waals surface area contributed by atoms with Crippen LogP contribution < -0.4 is 37.1 Å². The number of carbonyl (C=O) groups is 6. The average molecular weight is 867 g/mol. The highest BCUT2D eigenvalue weighted by atomic mass is 16.5. The first-order valence-corrected chi connectivity index (χ1v) is 22.4. The van der Waals surface area contributed by atoms with Gasteiger partial charge >= 0.3 is 5.97 Å². The molecule has 2 aromatic rings. The molecule has 0 bridgehead atoms. The Morgan fingerprint density at radius 1 is 0.677 bits per heavy atom. The molecule has 346 valence electrons. The summed E-state index contributed by atoms with van der Waals surface area (Å²) in [7, 11) is 0. The summed E-state index contributed by atoms with van der Waals surface area (Å²) in [5, 5.41) is 25.2. The zero-order valence-electron chi connectivity index (χ0n) is 38.2. The second kappa shape index (κ2) is 28.6. The molecule has 2 aromatic carbocycles. The Bertz CT molecular complexity index is 1690. The number of esters is 1. The number of amides is 5. The Morgan fingerprint density at radius 3 is 1.77 bits per heavy atom. The van der Waals surface area contributed by atoms with E-state index >= 15 is 0 Å². The number of hydrogen-bond donors (Lipinski definition) is 7. The van der Waals surface area contributed by atoms with Gasteiger partial charge in [-0.3, -0.25) is 24.0 Å². The summed E-state index contributed by atoms with van der Waals surface area (Å²) in [6, 6.07) is 9.43. The number of aliphatic hydroxyl groups is 1. The van der Waals surface area contributed by atoms with Crippen LogP contribution in [-0.4, -0.2) is 90.6 Å². The normalized spacial score (nSPS) is 14.1. The lowest BCUT2D eigenvalue weighted by Gasteiger charge is -2.30. The van der Waals surface area contributed by atoms with E-state index < -0.39 is 59.9 Å². The van der Waals surface area contributed by atoms with Gasteiger partial charge in [-0.05, 0) is 118 Å². The molecule has 15 heteroatoms. The molecule has 0 aliphatic heterocycles. The van der Waals surface area contributed by atoms with Crippen molar-refractivity contribution >= 4 is 35.5 Å². The van der Waals surface area contributed by atoms with Gasteiger partial charge in [-0.15, -0.1) is 0 Å². The molecule has 0 saturated carbocycles. The number of benzene rings is 2. The van der Waals surface area contributed by atoms with Crippen molar-refractivity contribution in [3.63, 3.8) is 0 Å². The van der Waals surface area contributed by atoms with E-state index in [9.17, 15) is 33.9 Å². The lowest BCUT2D eigenvalue weighted by Crippen LogP contribution is -2.55. The molecule has 0 saturated heterocycles. The topological polar surface area (TPSA) is 227 Å². The van der Waals surface area contributed by atoms with Crippen LogP contribution in [0.2, 0.25) is 0 Å². The van der Waals surface area contributed by atoms with E-state index in [1.165, 1.54) is 0 Å². The van der Waals surface area contributed by atoms with Crippen molar-refractivity contribution in [1.82, 2.24) is 26.6 Å². The molecule has 15 nitrogen and oxygen atoms in total. The minimum Gasteiger partial charge on any atom is -0.464 e. The summed E-state index contributed by atoms with van der Waals surface area (Å²) in [5.41, 5.74) is 6.22. The third-order valence-corrected chi connectivity index (χ3v) is 10.3. The van der Waals surface area contributed by atoms with Gasteiger partial charge in [-0.2, -0.15) is 0 Å². The van der Waals surface area contributed by atoms with Crippen molar-refractivity contribution in [2.24, 2.45) is 23.5 Å². The first kappa shape index (κ1) is 53.1. The molecule has 0 fully saturated rings. The number of rotatable bonds is 29. The number of hydrogen-bond acceptors (Lipinski definition) is 10. The second-order valence-corrected chi connectivity index (χ2v) is 16.9. The van der Waals surface area contributed by atoms with E-state index in [1.54, 1.807) is 48.5 Å². The quantitative estimate of drug-likeness (QED) is 0.0400. The van der Waals surface area contributed by atoms with Crippen LogP contribution in [0.3, 0.4) is 0 Å². The van der Waals surface area contributed by atoms with Crippen LogP contribution in [0, 0.1) is 17.8 Å². The van der Waals surface area contributed by atoms with Gasteiger partial charge in [0.15, 0.2) is 0 Å². The molecule has 0 heterocycles. The highest BCUT2D eigenvalue weighted by Gasteiger charge is 2.32. The number of aliphatic hydroxyl groups excluding tert-OH is 1. The van der Waals surface area contributed by atoms with Crippen molar-refractivity contribution in [2.75, 3.05) is 19.7 Å². The minimum absolute atomic E-state index is 0.0665. The molecule has 5 amide bonds. The molecule has 1 unspecified atom stereocenters. The highest BCUT2D eigenvalue weighted by Crippen LogP contribution is 2.23. The van der Waals surface area contributed by atoms with Crippen LogP contribution in [0.15, 0.2) is 48.5 Å². The molecule has 2 rings (SSSR count). The van der Waals surface area contributed by atoms with E-state index in [0.29, 0.717) is 80.7 Å². The summed E-state index contributed by atoms with van der Waals surface area (Å²) in [6.45, 7) is 16.7. The Morgan fingerprint density at radius 2 is 1.26 bits per heavy atom. The Labute approximate surface area is 368 Å². The zero-order chi connectivity index (χ0) is 46.2. The fourth-order valence-electron chi connectivity index (χ4n) is 6.57. The highest BCUT2D eigenvalue weighted by molar-refractivity contribution is 5.99. The maximum absolute atomic E-state index is 13.7. The monoisotopic (exact) mass is 867 g/mol. The number of nitrogens with two attached hydrogens (primary N) is 1. The van der Waals surface area contributed by atoms with E-state index in [0.717, 1.165) is 12.8 Å². The predicted molar refractivity (Wildman–Crippen MR) is 240 cm³/mol. The summed E-state index contributed by atoms with van der Waals surface area (Å²) < 4.78 is 11.3. The molecular formula is C47H74N6O9. The second-order valence-electron chi connectivity index (χ2n) is 16.9. The largest absolute Gasteiger partial charge is 0.464 e. The van der Waals surface area contributed by atoms with Crippen LogP contribution in [0.1, 0.15) is 140 Å². The first-order valence-electron chi connectivity index (χ1n) is 22.4. The molecule has 0 aromatic heterocycles. The van der Waals surface area contributed by atoms with Gasteiger partial charge in [0.2, 0.25) is 17.7 Å². The van der Waals surface area contributed by atoms with Gasteiger partial charge in [0.25, 0.3) is 11.8 Å². The van der Waals surface area contributed by atoms with Crippen molar-refractivity contribution in [2.45, 2.75) is 150 Å². The average Bonchev–Trinajstić information content (AvgIpc) is 3.23. The number of ether oxygens (including phenoxy) is 2. The van der Waals surface area contributed by atoms with Gasteiger partial charge in [-0.1, -0.05) is 68.2 Å². The van der Waals surface area contributed by atoms with Crippen LogP contribution in [0.5, 0.6) is 11.5 Å². The van der Waals surface area contributed by atoms with Gasteiger partial charge in [0.05, 0.1) is 25.2 Å². The smallest absolute Gasteiger partial charge is 0.328 e. The molecule has 0 radical (unpaired) electrons. The molecule has 6 atom stereocenters. The van der Waals surface area contributed by atoms with E-state index in [4.69, 9.17) is 15.2 Å². The van der Waals surface area contributed by atoms with Crippen molar-refractivity contribution in [3.8, 4) is 11.5 Å². The van der Waals surface area contributed by atoms with Crippen molar-refractivity contribution in [3.05, 3.63) is 59.7 Å². The minimum atomic E-state index is -1.10.